The second-order valence-corrected chi connectivity index (χ2v) is 14.6. The number of ether oxygens (including phenoxy) is 4. The first-order chi connectivity index (χ1) is 24.6. The predicted molar refractivity (Wildman–Crippen MR) is 196 cm³/mol. The van der Waals surface area contributed by atoms with E-state index in [1.54, 1.807) is 39.0 Å². The van der Waals surface area contributed by atoms with Crippen LogP contribution in [0, 0.1) is 17.3 Å². The highest BCUT2D eigenvalue weighted by Crippen LogP contribution is 2.32. The summed E-state index contributed by atoms with van der Waals surface area (Å²) >= 11 is 6.33. The molecule has 0 saturated carbocycles. The molecule has 3 rings (SSSR count). The van der Waals surface area contributed by atoms with E-state index in [0.717, 1.165) is 5.56 Å². The highest BCUT2D eigenvalue weighted by molar-refractivity contribution is 6.32. The van der Waals surface area contributed by atoms with Crippen LogP contribution in [-0.4, -0.2) is 74.3 Å². The van der Waals surface area contributed by atoms with Crippen LogP contribution in [0.25, 0.3) is 0 Å². The van der Waals surface area contributed by atoms with Gasteiger partial charge in [-0.2, -0.15) is 0 Å². The summed E-state index contributed by atoms with van der Waals surface area (Å²) in [6.45, 7) is 10.1. The number of cyclic esters (lactones) is 2. The first kappa shape index (κ1) is 42.0. The van der Waals surface area contributed by atoms with E-state index >= 15 is 0 Å². The van der Waals surface area contributed by atoms with Gasteiger partial charge in [0.2, 0.25) is 11.8 Å². The molecule has 0 aliphatic carbocycles. The number of carbonyl (C=O) groups is 5. The van der Waals surface area contributed by atoms with Crippen LogP contribution in [0.15, 0.2) is 60.7 Å². The van der Waals surface area contributed by atoms with Gasteiger partial charge in [-0.3, -0.25) is 19.2 Å². The average molecular weight is 742 g/mol. The van der Waals surface area contributed by atoms with Gasteiger partial charge in [0.15, 0.2) is 6.10 Å². The number of hydrogen-bond acceptors (Lipinski definition) is 10. The van der Waals surface area contributed by atoms with E-state index in [1.807, 2.05) is 51.1 Å². The molecule has 2 aromatic carbocycles. The first-order valence-electron chi connectivity index (χ1n) is 17.5. The molecule has 0 unspecified atom stereocenters. The number of halogens is 1. The van der Waals surface area contributed by atoms with Crippen molar-refractivity contribution in [2.75, 3.05) is 20.2 Å². The molecule has 0 fully saturated rings. The molecule has 0 saturated heterocycles. The second kappa shape index (κ2) is 19.4. The largest absolute Gasteiger partial charge is 0.495 e. The maximum atomic E-state index is 13.8. The van der Waals surface area contributed by atoms with Gasteiger partial charge in [0.05, 0.1) is 24.1 Å². The third-order valence-corrected chi connectivity index (χ3v) is 9.30. The fourth-order valence-electron chi connectivity index (χ4n) is 5.84. The number of hydrogen-bond donors (Lipinski definition) is 3. The number of amides is 2. The van der Waals surface area contributed by atoms with Gasteiger partial charge in [0, 0.05) is 31.2 Å². The number of methoxy groups -OCH3 is 1. The third-order valence-electron chi connectivity index (χ3n) is 9.01. The molecule has 0 radical (unpaired) electrons. The van der Waals surface area contributed by atoms with Crippen molar-refractivity contribution >= 4 is 41.3 Å². The van der Waals surface area contributed by atoms with Crippen LogP contribution in [-0.2, 0) is 44.6 Å². The van der Waals surface area contributed by atoms with Crippen molar-refractivity contribution in [1.29, 1.82) is 0 Å². The highest BCUT2D eigenvalue weighted by Gasteiger charge is 2.39. The SMILES string of the molecule is COc1ccc(C[C@H]2NC(=O)/C=C/C[C@@H]([C@H](C)[C@@H](OC(=O)CN)[C@@H](C)c3ccccc3)OC(=O)[C@H](CC(C)C)OC(=O)C(C)(C)CNC2=O)cc1Cl. The smallest absolute Gasteiger partial charge is 0.347 e. The Morgan fingerprint density at radius 3 is 2.35 bits per heavy atom. The van der Waals surface area contributed by atoms with Crippen molar-refractivity contribution in [2.45, 2.75) is 91.1 Å². The lowest BCUT2D eigenvalue weighted by Gasteiger charge is -2.35. The Kier molecular flexibility index (Phi) is 15.7. The van der Waals surface area contributed by atoms with Crippen LogP contribution in [0.4, 0.5) is 0 Å². The lowest BCUT2D eigenvalue weighted by atomic mass is 9.84. The zero-order valence-corrected chi connectivity index (χ0v) is 31.7. The van der Waals surface area contributed by atoms with Crippen LogP contribution < -0.4 is 21.1 Å². The average Bonchev–Trinajstić information content (AvgIpc) is 3.10. The number of benzene rings is 2. The quantitative estimate of drug-likeness (QED) is 0.217. The van der Waals surface area contributed by atoms with Gasteiger partial charge < -0.3 is 35.3 Å². The molecule has 2 aromatic rings. The lowest BCUT2D eigenvalue weighted by Crippen LogP contribution is -2.51. The minimum Gasteiger partial charge on any atom is -0.495 e. The molecule has 0 spiro atoms. The van der Waals surface area contributed by atoms with Crippen molar-refractivity contribution in [3.63, 3.8) is 0 Å². The lowest BCUT2D eigenvalue weighted by molar-refractivity contribution is -0.181. The number of esters is 3. The molecule has 52 heavy (non-hydrogen) atoms. The number of nitrogens with two attached hydrogens (primary N) is 1. The predicted octanol–water partition coefficient (Wildman–Crippen LogP) is 4.66. The number of rotatable bonds is 11. The van der Waals surface area contributed by atoms with Crippen molar-refractivity contribution in [2.24, 2.45) is 23.0 Å². The molecule has 0 aromatic heterocycles. The summed E-state index contributed by atoms with van der Waals surface area (Å²) in [5.74, 6) is -3.80. The normalized spacial score (nSPS) is 22.5. The summed E-state index contributed by atoms with van der Waals surface area (Å²) in [5.41, 5.74) is 5.91. The summed E-state index contributed by atoms with van der Waals surface area (Å²) in [6.07, 6.45) is 0.0727. The molecule has 1 aliphatic heterocycles. The van der Waals surface area contributed by atoms with Crippen LogP contribution >= 0.6 is 11.6 Å². The summed E-state index contributed by atoms with van der Waals surface area (Å²) in [7, 11) is 1.49. The maximum Gasteiger partial charge on any atom is 0.347 e. The van der Waals surface area contributed by atoms with Gasteiger partial charge in [-0.25, -0.2) is 4.79 Å². The van der Waals surface area contributed by atoms with Gasteiger partial charge in [0.25, 0.3) is 0 Å². The van der Waals surface area contributed by atoms with Gasteiger partial charge in [-0.15, -0.1) is 0 Å². The maximum absolute atomic E-state index is 13.8. The van der Waals surface area contributed by atoms with Gasteiger partial charge in [0.1, 0.15) is 24.0 Å². The van der Waals surface area contributed by atoms with Crippen molar-refractivity contribution in [3.05, 3.63) is 76.8 Å². The Labute approximate surface area is 311 Å². The third kappa shape index (κ3) is 12.1. The molecule has 1 aliphatic rings. The van der Waals surface area contributed by atoms with Crippen molar-refractivity contribution in [3.8, 4) is 5.75 Å². The van der Waals surface area contributed by atoms with Crippen molar-refractivity contribution in [1.82, 2.24) is 10.6 Å². The van der Waals surface area contributed by atoms with E-state index < -0.39 is 65.4 Å². The molecule has 13 heteroatoms. The molecular formula is C39H52ClN3O9. The fourth-order valence-corrected chi connectivity index (χ4v) is 6.12. The van der Waals surface area contributed by atoms with Crippen LogP contribution in [0.5, 0.6) is 5.75 Å². The number of carbonyl (C=O) groups excluding carboxylic acids is 5. The van der Waals surface area contributed by atoms with Gasteiger partial charge in [-0.05, 0) is 55.5 Å². The Morgan fingerprint density at radius 2 is 1.73 bits per heavy atom. The van der Waals surface area contributed by atoms with E-state index in [1.165, 1.54) is 19.3 Å². The zero-order valence-electron chi connectivity index (χ0n) is 31.0. The zero-order chi connectivity index (χ0) is 38.6. The molecule has 284 valence electrons. The van der Waals surface area contributed by atoms with Crippen molar-refractivity contribution < 1.29 is 42.9 Å². The Bertz CT molecular complexity index is 1580. The summed E-state index contributed by atoms with van der Waals surface area (Å²) < 4.78 is 23.0. The second-order valence-electron chi connectivity index (χ2n) is 14.2. The molecule has 4 N–H and O–H groups in total. The Balaban J connectivity index is 2.04. The fraction of sp³-hybridized carbons (Fsp3) is 0.513. The minimum absolute atomic E-state index is 0.0251. The summed E-state index contributed by atoms with van der Waals surface area (Å²) in [6, 6.07) is 13.4. The first-order valence-corrected chi connectivity index (χ1v) is 17.9. The van der Waals surface area contributed by atoms with E-state index in [9.17, 15) is 24.0 Å². The molecule has 6 atom stereocenters. The summed E-state index contributed by atoms with van der Waals surface area (Å²) in [4.78, 5) is 66.8. The molecular weight excluding hydrogens is 690 g/mol. The molecule has 1 heterocycles. The highest BCUT2D eigenvalue weighted by atomic mass is 35.5. The Hall–Kier alpha value is -4.42. The molecule has 2 amide bonds. The van der Waals surface area contributed by atoms with E-state index in [-0.39, 0.29) is 44.2 Å². The van der Waals surface area contributed by atoms with E-state index in [4.69, 9.17) is 36.3 Å². The van der Waals surface area contributed by atoms with Gasteiger partial charge >= 0.3 is 17.9 Å². The monoisotopic (exact) mass is 741 g/mol. The summed E-state index contributed by atoms with van der Waals surface area (Å²) in [5, 5.41) is 5.84. The Morgan fingerprint density at radius 1 is 1.04 bits per heavy atom. The van der Waals surface area contributed by atoms with E-state index in [0.29, 0.717) is 16.3 Å². The van der Waals surface area contributed by atoms with Crippen LogP contribution in [0.2, 0.25) is 5.02 Å². The minimum atomic E-state index is -1.26. The van der Waals surface area contributed by atoms with Gasteiger partial charge in [-0.1, -0.05) is 81.8 Å². The standard InChI is InChI=1S/C39H52ClN3O9/c1-23(2)18-32-37(47)50-30(25(4)35(52-34(45)21-41)24(3)27-12-9-8-10-13-27)14-11-15-33(44)43-29(20-26-16-17-31(49-7)28(40)19-26)36(46)42-22-39(5,6)38(48)51-32/h8-13,15-17,19,23-25,29-30,32,35H,14,18,20-22,41H2,1-7H3,(H,42,46)(H,43,44)/b15-11+/t24-,25-,29+,30-,32-,35-/m0/s1. The molecule has 0 bridgehead atoms. The molecule has 12 nitrogen and oxygen atoms in total. The number of nitrogens with one attached hydrogen (secondary N) is 2. The van der Waals surface area contributed by atoms with E-state index in [2.05, 4.69) is 10.6 Å². The topological polar surface area (TPSA) is 172 Å². The van der Waals surface area contributed by atoms with Crippen LogP contribution in [0.1, 0.15) is 71.4 Å². The van der Waals surface area contributed by atoms with Crippen LogP contribution in [0.3, 0.4) is 0 Å².